The number of hydrogen-bond acceptors (Lipinski definition) is 2. The van der Waals surface area contributed by atoms with Gasteiger partial charge in [0.1, 0.15) is 12.1 Å². The van der Waals surface area contributed by atoms with E-state index < -0.39 is 0 Å². The van der Waals surface area contributed by atoms with Crippen molar-refractivity contribution in [2.45, 2.75) is 60.0 Å². The van der Waals surface area contributed by atoms with Gasteiger partial charge in [0, 0.05) is 6.54 Å². The Kier molecular flexibility index (Phi) is 4.41. The minimum Gasteiger partial charge on any atom is -0.342 e. The molecule has 2 atom stereocenters. The van der Waals surface area contributed by atoms with Crippen LogP contribution in [0.4, 0.5) is 0 Å². The number of carbonyl (C=O) groups excluding carboxylic acids is 2. The normalized spacial score (nSPS) is 25.6. The number of carbonyl (C=O) groups is 2. The molecule has 1 rings (SSSR count). The summed E-state index contributed by atoms with van der Waals surface area (Å²) in [6.45, 7) is 12.7. The molecule has 0 aromatic rings. The van der Waals surface area contributed by atoms with Gasteiger partial charge in [-0.1, -0.05) is 34.6 Å². The standard InChI is InChI=1S/C14H26N2O2/c1-7-14(5,6)8-16-10(4)12(17)15-11(9(2)3)13(16)18/h9-11H,7-8H2,1-6H3,(H,15,17). The molecule has 0 saturated carbocycles. The molecule has 18 heavy (non-hydrogen) atoms. The van der Waals surface area contributed by atoms with Crippen LogP contribution >= 0.6 is 0 Å². The molecule has 0 aromatic heterocycles. The van der Waals surface area contributed by atoms with E-state index in [1.807, 2.05) is 13.8 Å². The third-order valence-corrected chi connectivity index (χ3v) is 3.92. The highest BCUT2D eigenvalue weighted by Crippen LogP contribution is 2.25. The average molecular weight is 254 g/mol. The van der Waals surface area contributed by atoms with E-state index in [1.54, 1.807) is 11.8 Å². The summed E-state index contributed by atoms with van der Waals surface area (Å²) in [6.07, 6.45) is 0.984. The molecule has 2 amide bonds. The van der Waals surface area contributed by atoms with Gasteiger partial charge in [0.25, 0.3) is 0 Å². The molecular weight excluding hydrogens is 228 g/mol. The number of nitrogens with one attached hydrogen (secondary N) is 1. The Morgan fingerprint density at radius 2 is 1.89 bits per heavy atom. The lowest BCUT2D eigenvalue weighted by Crippen LogP contribution is -2.65. The van der Waals surface area contributed by atoms with Crippen molar-refractivity contribution in [3.63, 3.8) is 0 Å². The highest BCUT2D eigenvalue weighted by atomic mass is 16.2. The average Bonchev–Trinajstić information content (AvgIpc) is 2.29. The molecule has 1 heterocycles. The van der Waals surface area contributed by atoms with Crippen LogP contribution in [0, 0.1) is 11.3 Å². The quantitative estimate of drug-likeness (QED) is 0.831. The molecule has 4 nitrogen and oxygen atoms in total. The predicted molar refractivity (Wildman–Crippen MR) is 72.0 cm³/mol. The molecule has 1 aliphatic rings. The van der Waals surface area contributed by atoms with Gasteiger partial charge in [-0.25, -0.2) is 0 Å². The molecule has 1 fully saturated rings. The maximum absolute atomic E-state index is 12.4. The fourth-order valence-electron chi connectivity index (χ4n) is 2.09. The van der Waals surface area contributed by atoms with Crippen molar-refractivity contribution in [1.82, 2.24) is 10.2 Å². The summed E-state index contributed by atoms with van der Waals surface area (Å²) >= 11 is 0. The Morgan fingerprint density at radius 1 is 1.33 bits per heavy atom. The van der Waals surface area contributed by atoms with Gasteiger partial charge in [-0.05, 0) is 24.7 Å². The zero-order valence-electron chi connectivity index (χ0n) is 12.4. The summed E-state index contributed by atoms with van der Waals surface area (Å²) in [5.74, 6) is 0.139. The van der Waals surface area contributed by atoms with Crippen LogP contribution in [0.3, 0.4) is 0 Å². The Bertz CT molecular complexity index is 337. The lowest BCUT2D eigenvalue weighted by Gasteiger charge is -2.42. The van der Waals surface area contributed by atoms with Crippen LogP contribution in [0.5, 0.6) is 0 Å². The largest absolute Gasteiger partial charge is 0.342 e. The Labute approximate surface area is 110 Å². The first kappa shape index (κ1) is 15.0. The van der Waals surface area contributed by atoms with Crippen LogP contribution < -0.4 is 5.32 Å². The summed E-state index contributed by atoms with van der Waals surface area (Å²) < 4.78 is 0. The molecule has 1 aliphatic heterocycles. The third-order valence-electron chi connectivity index (χ3n) is 3.92. The lowest BCUT2D eigenvalue weighted by atomic mass is 9.87. The zero-order valence-corrected chi connectivity index (χ0v) is 12.4. The second-order valence-corrected chi connectivity index (χ2v) is 6.39. The van der Waals surface area contributed by atoms with E-state index in [-0.39, 0.29) is 35.2 Å². The summed E-state index contributed by atoms with van der Waals surface area (Å²) in [5, 5.41) is 2.82. The molecule has 0 radical (unpaired) electrons. The fraction of sp³-hybridized carbons (Fsp3) is 0.857. The van der Waals surface area contributed by atoms with Gasteiger partial charge < -0.3 is 10.2 Å². The van der Waals surface area contributed by atoms with Crippen LogP contribution in [0.15, 0.2) is 0 Å². The summed E-state index contributed by atoms with van der Waals surface area (Å²) in [6, 6.07) is -0.736. The first-order valence-corrected chi connectivity index (χ1v) is 6.80. The van der Waals surface area contributed by atoms with Crippen molar-refractivity contribution >= 4 is 11.8 Å². The maximum Gasteiger partial charge on any atom is 0.246 e. The summed E-state index contributed by atoms with van der Waals surface area (Å²) in [7, 11) is 0. The van der Waals surface area contributed by atoms with Gasteiger partial charge in [-0.3, -0.25) is 9.59 Å². The number of piperazine rings is 1. The van der Waals surface area contributed by atoms with Crippen LogP contribution in [0.1, 0.15) is 48.0 Å². The van der Waals surface area contributed by atoms with Crippen molar-refractivity contribution in [2.75, 3.05) is 6.54 Å². The van der Waals surface area contributed by atoms with Gasteiger partial charge >= 0.3 is 0 Å². The molecule has 0 aliphatic carbocycles. The third kappa shape index (κ3) is 3.03. The fourth-order valence-corrected chi connectivity index (χ4v) is 2.09. The molecule has 0 bridgehead atoms. The van der Waals surface area contributed by atoms with Crippen LogP contribution in [-0.4, -0.2) is 35.3 Å². The maximum atomic E-state index is 12.4. The van der Waals surface area contributed by atoms with E-state index in [0.717, 1.165) is 6.42 Å². The van der Waals surface area contributed by atoms with Gasteiger partial charge in [-0.15, -0.1) is 0 Å². The topological polar surface area (TPSA) is 49.4 Å². The highest BCUT2D eigenvalue weighted by molar-refractivity contribution is 5.96. The molecule has 1 N–H and O–H groups in total. The van der Waals surface area contributed by atoms with Crippen molar-refractivity contribution < 1.29 is 9.59 Å². The van der Waals surface area contributed by atoms with E-state index in [4.69, 9.17) is 0 Å². The van der Waals surface area contributed by atoms with Gasteiger partial charge in [0.05, 0.1) is 0 Å². The first-order valence-electron chi connectivity index (χ1n) is 6.80. The van der Waals surface area contributed by atoms with E-state index in [0.29, 0.717) is 6.54 Å². The number of hydrogen-bond donors (Lipinski definition) is 1. The Hall–Kier alpha value is -1.06. The summed E-state index contributed by atoms with van der Waals surface area (Å²) in [5.41, 5.74) is 0.0447. The van der Waals surface area contributed by atoms with Gasteiger partial charge in [0.15, 0.2) is 0 Å². The highest BCUT2D eigenvalue weighted by Gasteiger charge is 2.40. The molecule has 104 valence electrons. The van der Waals surface area contributed by atoms with Crippen molar-refractivity contribution in [2.24, 2.45) is 11.3 Å². The molecular formula is C14H26N2O2. The van der Waals surface area contributed by atoms with Crippen molar-refractivity contribution in [3.05, 3.63) is 0 Å². The second-order valence-electron chi connectivity index (χ2n) is 6.39. The Morgan fingerprint density at radius 3 is 2.33 bits per heavy atom. The molecule has 0 aromatic carbocycles. The zero-order chi connectivity index (χ0) is 14.1. The van der Waals surface area contributed by atoms with Crippen LogP contribution in [0.25, 0.3) is 0 Å². The van der Waals surface area contributed by atoms with Gasteiger partial charge in [0.2, 0.25) is 11.8 Å². The molecule has 4 heteroatoms. The minimum atomic E-state index is -0.374. The van der Waals surface area contributed by atoms with E-state index in [2.05, 4.69) is 26.1 Å². The lowest BCUT2D eigenvalue weighted by molar-refractivity contribution is -0.151. The monoisotopic (exact) mass is 254 g/mol. The van der Waals surface area contributed by atoms with E-state index in [9.17, 15) is 9.59 Å². The van der Waals surface area contributed by atoms with Gasteiger partial charge in [-0.2, -0.15) is 0 Å². The predicted octanol–water partition coefficient (Wildman–Crippen LogP) is 1.79. The SMILES string of the molecule is CCC(C)(C)CN1C(=O)C(C(C)C)NC(=O)C1C. The molecule has 2 unspecified atom stereocenters. The smallest absolute Gasteiger partial charge is 0.246 e. The van der Waals surface area contributed by atoms with Crippen molar-refractivity contribution in [3.8, 4) is 0 Å². The minimum absolute atomic E-state index is 0.0415. The van der Waals surface area contributed by atoms with Crippen LogP contribution in [-0.2, 0) is 9.59 Å². The number of nitrogens with zero attached hydrogens (tertiary/aromatic N) is 1. The van der Waals surface area contributed by atoms with E-state index in [1.165, 1.54) is 0 Å². The first-order chi connectivity index (χ1) is 8.19. The van der Waals surface area contributed by atoms with Crippen molar-refractivity contribution in [1.29, 1.82) is 0 Å². The van der Waals surface area contributed by atoms with E-state index >= 15 is 0 Å². The Balaban J connectivity index is 2.92. The summed E-state index contributed by atoms with van der Waals surface area (Å²) in [4.78, 5) is 26.1. The second kappa shape index (κ2) is 5.29. The molecule has 1 saturated heterocycles. The van der Waals surface area contributed by atoms with Crippen LogP contribution in [0.2, 0.25) is 0 Å². The number of amides is 2. The number of rotatable bonds is 4. The molecule has 0 spiro atoms.